The Morgan fingerprint density at radius 2 is 1.73 bits per heavy atom. The average molecular weight is 692 g/mol. The van der Waals surface area contributed by atoms with E-state index >= 15 is 0 Å². The van der Waals surface area contributed by atoms with Crippen molar-refractivity contribution in [3.63, 3.8) is 0 Å². The largest absolute Gasteiger partial charge is 0.490 e. The van der Waals surface area contributed by atoms with Gasteiger partial charge in [0, 0.05) is 24.9 Å². The molecule has 0 N–H and O–H groups in total. The summed E-state index contributed by atoms with van der Waals surface area (Å²) < 4.78 is 16.1. The molecule has 0 fully saturated rings. The summed E-state index contributed by atoms with van der Waals surface area (Å²) in [6.07, 6.45) is 2.48. The Morgan fingerprint density at radius 1 is 0.973 bits per heavy atom. The topological polar surface area (TPSA) is 65.7 Å². The quantitative estimate of drug-likeness (QED) is 0.167. The Hall–Kier alpha value is -2.49. The summed E-state index contributed by atoms with van der Waals surface area (Å²) in [5.41, 5.74) is 2.25. The van der Waals surface area contributed by atoms with Gasteiger partial charge in [-0.3, -0.25) is 4.79 Å². The van der Waals surface area contributed by atoms with Crippen LogP contribution in [0, 0.1) is 0 Å². The first-order chi connectivity index (χ1) is 17.8. The summed E-state index contributed by atoms with van der Waals surface area (Å²) >= 11 is 10.5. The number of benzene rings is 3. The normalized spacial score (nSPS) is 12.3. The minimum Gasteiger partial charge on any atom is -0.490 e. The molecule has 4 rings (SSSR count). The molecule has 3 aromatic carbocycles. The van der Waals surface area contributed by atoms with Gasteiger partial charge in [-0.15, -0.1) is 0 Å². The fraction of sp³-hybridized carbons (Fsp3) is 0.250. The van der Waals surface area contributed by atoms with Crippen molar-refractivity contribution < 1.29 is 9.47 Å². The highest BCUT2D eigenvalue weighted by molar-refractivity contribution is 9.11. The highest BCUT2D eigenvalue weighted by Gasteiger charge is 2.16. The number of halogens is 3. The lowest BCUT2D eigenvalue weighted by molar-refractivity contribution is 0.269. The Labute approximate surface area is 241 Å². The zero-order valence-electron chi connectivity index (χ0n) is 20.7. The van der Waals surface area contributed by atoms with Crippen LogP contribution >= 0.6 is 47.8 Å². The van der Waals surface area contributed by atoms with E-state index in [1.165, 1.54) is 4.68 Å². The molecule has 0 spiro atoms. The maximum Gasteiger partial charge on any atom is 0.282 e. The molecule has 0 saturated carbocycles. The third kappa shape index (κ3) is 6.51. The maximum atomic E-state index is 13.4. The van der Waals surface area contributed by atoms with Gasteiger partial charge in [0.15, 0.2) is 11.5 Å². The van der Waals surface area contributed by atoms with E-state index in [0.29, 0.717) is 41.4 Å². The minimum atomic E-state index is -0.206. The van der Waals surface area contributed by atoms with E-state index in [9.17, 15) is 4.79 Å². The van der Waals surface area contributed by atoms with E-state index in [2.05, 4.69) is 59.8 Å². The van der Waals surface area contributed by atoms with Crippen molar-refractivity contribution in [2.75, 3.05) is 6.61 Å². The predicted octanol–water partition coefficient (Wildman–Crippen LogP) is 8.06. The van der Waals surface area contributed by atoms with Crippen LogP contribution in [-0.4, -0.2) is 22.5 Å². The van der Waals surface area contributed by atoms with Crippen molar-refractivity contribution >= 4 is 64.9 Å². The molecular formula is C28H26Br3N3O3. The van der Waals surface area contributed by atoms with Gasteiger partial charge in [-0.2, -0.15) is 9.78 Å². The van der Waals surface area contributed by atoms with Gasteiger partial charge in [0.05, 0.1) is 23.7 Å². The monoisotopic (exact) mass is 689 g/mol. The standard InChI is InChI=1S/C28H26Br3N3O3/c1-4-17(3)27-33-24-10-9-20(29)13-22(24)28(35)34(27)32-15-18-6-11-25(26(12-18)36-5-2)37-16-19-7-8-21(30)14-23(19)31/h6-15,17H,4-5,16H2,1-3H3/t17-/m0/s1. The Bertz CT molecular complexity index is 1520. The second-order valence-electron chi connectivity index (χ2n) is 8.47. The first kappa shape index (κ1) is 27.5. The van der Waals surface area contributed by atoms with Gasteiger partial charge in [-0.25, -0.2) is 4.98 Å². The van der Waals surface area contributed by atoms with Crippen LogP contribution in [0.4, 0.5) is 0 Å². The van der Waals surface area contributed by atoms with E-state index in [0.717, 1.165) is 31.0 Å². The molecule has 0 bridgehead atoms. The second kappa shape index (κ2) is 12.4. The van der Waals surface area contributed by atoms with Crippen LogP contribution in [0.3, 0.4) is 0 Å². The van der Waals surface area contributed by atoms with Crippen molar-refractivity contribution in [2.24, 2.45) is 5.10 Å². The van der Waals surface area contributed by atoms with Crippen LogP contribution in [-0.2, 0) is 6.61 Å². The molecule has 0 aliphatic heterocycles. The molecule has 4 aromatic rings. The van der Waals surface area contributed by atoms with Crippen molar-refractivity contribution in [2.45, 2.75) is 39.7 Å². The first-order valence-electron chi connectivity index (χ1n) is 11.9. The number of hydrogen-bond donors (Lipinski definition) is 0. The summed E-state index contributed by atoms with van der Waals surface area (Å²) in [4.78, 5) is 18.1. The summed E-state index contributed by atoms with van der Waals surface area (Å²) in [5.74, 6) is 1.92. The maximum absolute atomic E-state index is 13.4. The number of hydrogen-bond acceptors (Lipinski definition) is 5. The molecule has 0 saturated heterocycles. The molecule has 0 aliphatic rings. The van der Waals surface area contributed by atoms with Gasteiger partial charge in [0.2, 0.25) is 0 Å². The van der Waals surface area contributed by atoms with E-state index in [4.69, 9.17) is 14.5 Å². The zero-order valence-corrected chi connectivity index (χ0v) is 25.4. The lowest BCUT2D eigenvalue weighted by Gasteiger charge is -2.15. The molecule has 37 heavy (non-hydrogen) atoms. The van der Waals surface area contributed by atoms with Crippen molar-refractivity contribution in [3.8, 4) is 11.5 Å². The summed E-state index contributed by atoms with van der Waals surface area (Å²) in [6, 6.07) is 17.1. The molecule has 0 radical (unpaired) electrons. The van der Waals surface area contributed by atoms with Crippen LogP contribution in [0.25, 0.3) is 10.9 Å². The van der Waals surface area contributed by atoms with Crippen LogP contribution in [0.15, 0.2) is 77.9 Å². The lowest BCUT2D eigenvalue weighted by Crippen LogP contribution is -2.23. The summed E-state index contributed by atoms with van der Waals surface area (Å²) in [6.45, 7) is 6.90. The number of rotatable bonds is 9. The van der Waals surface area contributed by atoms with Crippen LogP contribution in [0.1, 0.15) is 50.1 Å². The van der Waals surface area contributed by atoms with E-state index in [1.54, 1.807) is 12.3 Å². The molecule has 0 unspecified atom stereocenters. The van der Waals surface area contributed by atoms with Gasteiger partial charge < -0.3 is 9.47 Å². The van der Waals surface area contributed by atoms with Gasteiger partial charge in [-0.1, -0.05) is 67.7 Å². The van der Waals surface area contributed by atoms with E-state index < -0.39 is 0 Å². The van der Waals surface area contributed by atoms with Gasteiger partial charge in [-0.05, 0) is 67.4 Å². The number of fused-ring (bicyclic) bond motifs is 1. The van der Waals surface area contributed by atoms with Crippen molar-refractivity contribution in [1.29, 1.82) is 0 Å². The molecule has 0 aliphatic carbocycles. The molecule has 0 amide bonds. The fourth-order valence-electron chi connectivity index (χ4n) is 3.69. The fourth-order valence-corrected chi connectivity index (χ4v) is 5.21. The Morgan fingerprint density at radius 3 is 2.46 bits per heavy atom. The predicted molar refractivity (Wildman–Crippen MR) is 159 cm³/mol. The van der Waals surface area contributed by atoms with Gasteiger partial charge in [0.25, 0.3) is 5.56 Å². The average Bonchev–Trinajstić information content (AvgIpc) is 2.88. The number of nitrogens with zero attached hydrogens (tertiary/aromatic N) is 3. The van der Waals surface area contributed by atoms with Crippen LogP contribution in [0.5, 0.6) is 11.5 Å². The SMILES string of the molecule is CCOc1cc(C=Nn2c([C@@H](C)CC)nc3ccc(Br)cc3c2=O)ccc1OCc1ccc(Br)cc1Br. The van der Waals surface area contributed by atoms with Gasteiger partial charge in [0.1, 0.15) is 12.4 Å². The minimum absolute atomic E-state index is 0.0607. The van der Waals surface area contributed by atoms with Crippen molar-refractivity contribution in [3.05, 3.63) is 95.3 Å². The highest BCUT2D eigenvalue weighted by Crippen LogP contribution is 2.30. The van der Waals surface area contributed by atoms with Crippen LogP contribution < -0.4 is 15.0 Å². The number of aromatic nitrogens is 2. The first-order valence-corrected chi connectivity index (χ1v) is 14.3. The van der Waals surface area contributed by atoms with Crippen molar-refractivity contribution in [1.82, 2.24) is 9.66 Å². The van der Waals surface area contributed by atoms with Gasteiger partial charge >= 0.3 is 0 Å². The molecule has 1 heterocycles. The summed E-state index contributed by atoms with van der Waals surface area (Å²) in [7, 11) is 0. The molecule has 192 valence electrons. The molecule has 9 heteroatoms. The molecule has 1 aromatic heterocycles. The second-order valence-corrected chi connectivity index (χ2v) is 11.2. The molecule has 1 atom stereocenters. The third-order valence-electron chi connectivity index (χ3n) is 5.87. The van der Waals surface area contributed by atoms with E-state index in [1.807, 2.05) is 62.4 Å². The number of ether oxygens (including phenoxy) is 2. The lowest BCUT2D eigenvalue weighted by atomic mass is 10.1. The molecular weight excluding hydrogens is 666 g/mol. The Balaban J connectivity index is 1.66. The Kier molecular flexibility index (Phi) is 9.21. The molecule has 6 nitrogen and oxygen atoms in total. The third-order valence-corrected chi connectivity index (χ3v) is 7.60. The smallest absolute Gasteiger partial charge is 0.282 e. The van der Waals surface area contributed by atoms with Crippen LogP contribution in [0.2, 0.25) is 0 Å². The van der Waals surface area contributed by atoms with E-state index in [-0.39, 0.29) is 11.5 Å². The summed E-state index contributed by atoms with van der Waals surface area (Å²) in [5, 5.41) is 5.07. The zero-order chi connectivity index (χ0) is 26.5. The highest BCUT2D eigenvalue weighted by atomic mass is 79.9.